The van der Waals surface area contributed by atoms with Crippen molar-refractivity contribution in [1.29, 1.82) is 0 Å². The molecular weight excluding hydrogens is 264 g/mol. The molecule has 0 amide bonds. The molecule has 0 saturated carbocycles. The molecule has 0 unspecified atom stereocenters. The molecular formula is C22H24. The molecule has 0 heteroatoms. The molecule has 0 heterocycles. The maximum absolute atomic E-state index is 2.17. The highest BCUT2D eigenvalue weighted by molar-refractivity contribution is 5.63. The summed E-state index contributed by atoms with van der Waals surface area (Å²) in [7, 11) is 0. The lowest BCUT2D eigenvalue weighted by Crippen LogP contribution is -1.78. The van der Waals surface area contributed by atoms with Gasteiger partial charge in [0.2, 0.25) is 0 Å². The molecule has 0 aliphatic heterocycles. The van der Waals surface area contributed by atoms with Crippen molar-refractivity contribution in [3.63, 3.8) is 0 Å². The van der Waals surface area contributed by atoms with Crippen LogP contribution in [0.5, 0.6) is 0 Å². The summed E-state index contributed by atoms with van der Waals surface area (Å²) in [4.78, 5) is 0. The molecule has 0 aromatic heterocycles. The van der Waals surface area contributed by atoms with Gasteiger partial charge < -0.3 is 0 Å². The normalized spacial score (nSPS) is 9.82. The second-order valence-electron chi connectivity index (χ2n) is 5.89. The molecule has 22 heavy (non-hydrogen) atoms. The van der Waals surface area contributed by atoms with E-state index in [1.807, 2.05) is 0 Å². The number of hydrogen-bond donors (Lipinski definition) is 0. The quantitative estimate of drug-likeness (QED) is 0.494. The lowest BCUT2D eigenvalue weighted by molar-refractivity contribution is 1.39. The summed E-state index contributed by atoms with van der Waals surface area (Å²) in [6.07, 6.45) is 0. The van der Waals surface area contributed by atoms with E-state index in [9.17, 15) is 0 Å². The Morgan fingerprint density at radius 2 is 0.773 bits per heavy atom. The molecule has 0 atom stereocenters. The van der Waals surface area contributed by atoms with E-state index in [-0.39, 0.29) is 0 Å². The number of hydrogen-bond acceptors (Lipinski definition) is 0. The van der Waals surface area contributed by atoms with Crippen LogP contribution in [0.25, 0.3) is 11.1 Å². The highest BCUT2D eigenvalue weighted by atomic mass is 14.0. The van der Waals surface area contributed by atoms with E-state index in [4.69, 9.17) is 0 Å². The molecule has 0 saturated heterocycles. The van der Waals surface area contributed by atoms with Crippen LogP contribution in [0.3, 0.4) is 0 Å². The first-order valence-corrected chi connectivity index (χ1v) is 7.71. The van der Waals surface area contributed by atoms with Gasteiger partial charge in [0.25, 0.3) is 0 Å². The first kappa shape index (κ1) is 16.0. The largest absolute Gasteiger partial charge is 0.0617 e. The van der Waals surface area contributed by atoms with Crippen molar-refractivity contribution in [2.45, 2.75) is 27.7 Å². The van der Waals surface area contributed by atoms with E-state index in [0.717, 1.165) is 0 Å². The molecule has 0 aliphatic carbocycles. The second-order valence-corrected chi connectivity index (χ2v) is 5.89. The Morgan fingerprint density at radius 3 is 1.05 bits per heavy atom. The van der Waals surface area contributed by atoms with Crippen molar-refractivity contribution in [2.24, 2.45) is 0 Å². The van der Waals surface area contributed by atoms with E-state index < -0.39 is 0 Å². The van der Waals surface area contributed by atoms with Gasteiger partial charge in [0.15, 0.2) is 0 Å². The van der Waals surface area contributed by atoms with E-state index in [0.29, 0.717) is 0 Å². The molecule has 0 nitrogen and oxygen atoms in total. The fourth-order valence-corrected chi connectivity index (χ4v) is 2.30. The molecule has 0 N–H and O–H groups in total. The minimum atomic E-state index is 1.29. The van der Waals surface area contributed by atoms with Crippen LogP contribution in [0.1, 0.15) is 22.3 Å². The average molecular weight is 288 g/mol. The summed E-state index contributed by atoms with van der Waals surface area (Å²) >= 11 is 0. The van der Waals surface area contributed by atoms with Gasteiger partial charge in [-0.3, -0.25) is 0 Å². The van der Waals surface area contributed by atoms with Gasteiger partial charge in [-0.2, -0.15) is 0 Å². The van der Waals surface area contributed by atoms with Gasteiger partial charge in [-0.1, -0.05) is 95.1 Å². The van der Waals surface area contributed by atoms with Crippen molar-refractivity contribution in [3.05, 3.63) is 95.1 Å². The molecule has 0 spiro atoms. The third-order valence-corrected chi connectivity index (χ3v) is 3.61. The van der Waals surface area contributed by atoms with Gasteiger partial charge >= 0.3 is 0 Å². The van der Waals surface area contributed by atoms with E-state index in [1.165, 1.54) is 33.4 Å². The Labute approximate surface area is 134 Å². The van der Waals surface area contributed by atoms with Crippen LogP contribution in [0, 0.1) is 27.7 Å². The molecule has 3 rings (SSSR count). The fourth-order valence-electron chi connectivity index (χ4n) is 2.30. The summed E-state index contributed by atoms with van der Waals surface area (Å²) < 4.78 is 0. The predicted molar refractivity (Wildman–Crippen MR) is 97.3 cm³/mol. The highest BCUT2D eigenvalue weighted by Gasteiger charge is 1.95. The zero-order valence-corrected chi connectivity index (χ0v) is 13.9. The van der Waals surface area contributed by atoms with Crippen molar-refractivity contribution in [1.82, 2.24) is 0 Å². The summed E-state index contributed by atoms with van der Waals surface area (Å²) in [6.45, 7) is 8.43. The number of benzene rings is 3. The van der Waals surface area contributed by atoms with Crippen LogP contribution in [-0.2, 0) is 0 Å². The van der Waals surface area contributed by atoms with Crippen LogP contribution in [0.2, 0.25) is 0 Å². The Hall–Kier alpha value is -2.34. The van der Waals surface area contributed by atoms with E-state index >= 15 is 0 Å². The SMILES string of the molecule is Cc1ccc(-c2ccc(C)cc2)cc1.Cc1cccc(C)c1. The van der Waals surface area contributed by atoms with Crippen LogP contribution in [-0.4, -0.2) is 0 Å². The van der Waals surface area contributed by atoms with Gasteiger partial charge in [0, 0.05) is 0 Å². The Bertz CT molecular complexity index is 643. The van der Waals surface area contributed by atoms with Crippen molar-refractivity contribution < 1.29 is 0 Å². The van der Waals surface area contributed by atoms with Gasteiger partial charge in [-0.25, -0.2) is 0 Å². The maximum Gasteiger partial charge on any atom is -0.0184 e. The van der Waals surface area contributed by atoms with Crippen molar-refractivity contribution in [3.8, 4) is 11.1 Å². The fraction of sp³-hybridized carbons (Fsp3) is 0.182. The molecule has 0 radical (unpaired) electrons. The Morgan fingerprint density at radius 1 is 0.409 bits per heavy atom. The number of rotatable bonds is 1. The molecule has 0 bridgehead atoms. The third-order valence-electron chi connectivity index (χ3n) is 3.61. The van der Waals surface area contributed by atoms with Gasteiger partial charge in [0.05, 0.1) is 0 Å². The first-order valence-electron chi connectivity index (χ1n) is 7.71. The van der Waals surface area contributed by atoms with E-state index in [2.05, 4.69) is 100 Å². The van der Waals surface area contributed by atoms with Crippen molar-refractivity contribution >= 4 is 0 Å². The predicted octanol–water partition coefficient (Wildman–Crippen LogP) is 6.27. The summed E-state index contributed by atoms with van der Waals surface area (Å²) in [5, 5.41) is 0. The van der Waals surface area contributed by atoms with Crippen LogP contribution < -0.4 is 0 Å². The van der Waals surface area contributed by atoms with Crippen LogP contribution in [0.4, 0.5) is 0 Å². The van der Waals surface area contributed by atoms with Gasteiger partial charge in [-0.05, 0) is 38.8 Å². The van der Waals surface area contributed by atoms with Crippen LogP contribution >= 0.6 is 0 Å². The summed E-state index contributed by atoms with van der Waals surface area (Å²) in [6, 6.07) is 25.7. The lowest BCUT2D eigenvalue weighted by atomic mass is 10.0. The van der Waals surface area contributed by atoms with Gasteiger partial charge in [0.1, 0.15) is 0 Å². The average Bonchev–Trinajstić information content (AvgIpc) is 2.49. The number of aryl methyl sites for hydroxylation is 4. The van der Waals surface area contributed by atoms with E-state index in [1.54, 1.807) is 0 Å². The second kappa shape index (κ2) is 7.61. The maximum atomic E-state index is 2.17. The minimum Gasteiger partial charge on any atom is -0.0617 e. The summed E-state index contributed by atoms with van der Waals surface area (Å²) in [5.41, 5.74) is 7.86. The molecule has 112 valence electrons. The zero-order valence-electron chi connectivity index (χ0n) is 13.9. The monoisotopic (exact) mass is 288 g/mol. The molecule has 3 aromatic carbocycles. The van der Waals surface area contributed by atoms with Gasteiger partial charge in [-0.15, -0.1) is 0 Å². The zero-order chi connectivity index (χ0) is 15.9. The first-order chi connectivity index (χ1) is 10.5. The minimum absolute atomic E-state index is 1.29. The topological polar surface area (TPSA) is 0 Å². The molecule has 0 fully saturated rings. The molecule has 0 aliphatic rings. The lowest BCUT2D eigenvalue weighted by Gasteiger charge is -2.02. The summed E-state index contributed by atoms with van der Waals surface area (Å²) in [5.74, 6) is 0. The van der Waals surface area contributed by atoms with Crippen LogP contribution in [0.15, 0.2) is 72.8 Å². The standard InChI is InChI=1S/C14H14.C8H10/c1-11-3-7-13(8-4-11)14-9-5-12(2)6-10-14;1-7-4-3-5-8(2)6-7/h3-10H,1-2H3;3-6H,1-2H3. The third kappa shape index (κ3) is 4.89. The Balaban J connectivity index is 0.000000188. The Kier molecular flexibility index (Phi) is 5.55. The molecule has 3 aromatic rings. The highest BCUT2D eigenvalue weighted by Crippen LogP contribution is 2.19. The smallest absolute Gasteiger partial charge is 0.0184 e. The van der Waals surface area contributed by atoms with Crippen molar-refractivity contribution in [2.75, 3.05) is 0 Å².